The molecule has 100 valence electrons. The van der Waals surface area contributed by atoms with Crippen LogP contribution in [0.5, 0.6) is 0 Å². The van der Waals surface area contributed by atoms with Gasteiger partial charge in [0.05, 0.1) is 12.1 Å². The summed E-state index contributed by atoms with van der Waals surface area (Å²) in [7, 11) is 0. The summed E-state index contributed by atoms with van der Waals surface area (Å²) in [6.07, 6.45) is 4.92. The van der Waals surface area contributed by atoms with Crippen LogP contribution in [-0.4, -0.2) is 28.3 Å². The lowest BCUT2D eigenvalue weighted by Gasteiger charge is -2.22. The highest BCUT2D eigenvalue weighted by atomic mass is 16.3. The molecule has 2 amide bonds. The Kier molecular flexibility index (Phi) is 3.86. The Morgan fingerprint density at radius 1 is 1.50 bits per heavy atom. The van der Waals surface area contributed by atoms with Gasteiger partial charge >= 0.3 is 6.03 Å². The van der Waals surface area contributed by atoms with Gasteiger partial charge < -0.3 is 20.2 Å². The second-order valence-corrected chi connectivity index (χ2v) is 4.82. The molecule has 1 aliphatic rings. The van der Waals surface area contributed by atoms with E-state index in [4.69, 9.17) is 4.42 Å². The molecule has 0 saturated heterocycles. The minimum atomic E-state index is -0.721. The van der Waals surface area contributed by atoms with E-state index in [1.165, 1.54) is 6.39 Å². The summed E-state index contributed by atoms with van der Waals surface area (Å²) in [5.74, 6) is 0.699. The highest BCUT2D eigenvalue weighted by molar-refractivity contribution is 5.73. The summed E-state index contributed by atoms with van der Waals surface area (Å²) in [6, 6.07) is -0.294. The zero-order valence-corrected chi connectivity index (χ0v) is 10.5. The van der Waals surface area contributed by atoms with E-state index in [0.29, 0.717) is 24.5 Å². The van der Waals surface area contributed by atoms with Gasteiger partial charge in [0, 0.05) is 6.54 Å². The van der Waals surface area contributed by atoms with Crippen molar-refractivity contribution in [3.63, 3.8) is 0 Å². The van der Waals surface area contributed by atoms with Gasteiger partial charge in [0.25, 0.3) is 0 Å². The van der Waals surface area contributed by atoms with Crippen LogP contribution in [0.4, 0.5) is 4.79 Å². The molecule has 1 aliphatic carbocycles. The van der Waals surface area contributed by atoms with Gasteiger partial charge in [-0.1, -0.05) is 12.8 Å². The Morgan fingerprint density at radius 3 is 2.83 bits per heavy atom. The third-order valence-electron chi connectivity index (χ3n) is 3.37. The number of carbonyl (C=O) groups is 1. The number of urea groups is 1. The van der Waals surface area contributed by atoms with Crippen LogP contribution in [0.3, 0.4) is 0 Å². The van der Waals surface area contributed by atoms with Crippen molar-refractivity contribution < 1.29 is 14.3 Å². The van der Waals surface area contributed by atoms with Crippen LogP contribution in [0.1, 0.15) is 37.1 Å². The Hall–Kier alpha value is -1.56. The molecule has 0 bridgehead atoms. The third-order valence-corrected chi connectivity index (χ3v) is 3.37. The smallest absolute Gasteiger partial charge is 0.315 e. The fraction of sp³-hybridized carbons (Fsp3) is 0.667. The van der Waals surface area contributed by atoms with Crippen molar-refractivity contribution >= 4 is 6.03 Å². The van der Waals surface area contributed by atoms with Crippen molar-refractivity contribution in [2.75, 3.05) is 6.54 Å². The van der Waals surface area contributed by atoms with Gasteiger partial charge in [-0.2, -0.15) is 0 Å². The van der Waals surface area contributed by atoms with E-state index in [1.54, 1.807) is 6.92 Å². The molecule has 2 rings (SSSR count). The lowest BCUT2D eigenvalue weighted by atomic mass is 10.0. The van der Waals surface area contributed by atoms with Crippen LogP contribution in [0.15, 0.2) is 10.8 Å². The molecule has 1 saturated carbocycles. The van der Waals surface area contributed by atoms with Crippen LogP contribution in [0.25, 0.3) is 0 Å². The Balaban J connectivity index is 1.71. The maximum atomic E-state index is 11.6. The molecule has 1 aromatic heterocycles. The van der Waals surface area contributed by atoms with E-state index in [2.05, 4.69) is 15.6 Å². The third kappa shape index (κ3) is 3.22. The summed E-state index contributed by atoms with van der Waals surface area (Å²) in [6.45, 7) is 2.42. The number of amides is 2. The zero-order chi connectivity index (χ0) is 13.0. The predicted molar refractivity (Wildman–Crippen MR) is 64.9 cm³/mol. The molecule has 18 heavy (non-hydrogen) atoms. The number of hydrogen-bond donors (Lipinski definition) is 3. The molecule has 0 spiro atoms. The van der Waals surface area contributed by atoms with Crippen LogP contribution in [0, 0.1) is 6.92 Å². The molecule has 0 atom stereocenters. The van der Waals surface area contributed by atoms with Gasteiger partial charge in [-0.25, -0.2) is 9.78 Å². The van der Waals surface area contributed by atoms with Crippen molar-refractivity contribution in [2.24, 2.45) is 0 Å². The number of carbonyl (C=O) groups excluding carboxylic acids is 1. The molecule has 6 heteroatoms. The molecular weight excluding hydrogens is 234 g/mol. The molecule has 0 aliphatic heterocycles. The van der Waals surface area contributed by atoms with E-state index in [-0.39, 0.29) is 6.03 Å². The van der Waals surface area contributed by atoms with Crippen molar-refractivity contribution in [3.05, 3.63) is 17.8 Å². The molecule has 6 nitrogen and oxygen atoms in total. The maximum Gasteiger partial charge on any atom is 0.315 e. The van der Waals surface area contributed by atoms with Gasteiger partial charge in [0.1, 0.15) is 11.5 Å². The first-order chi connectivity index (χ1) is 8.59. The molecular formula is C12H19N3O3. The number of nitrogens with one attached hydrogen (secondary N) is 2. The first kappa shape index (κ1) is 12.9. The Labute approximate surface area is 106 Å². The lowest BCUT2D eigenvalue weighted by Crippen LogP contribution is -2.44. The first-order valence-corrected chi connectivity index (χ1v) is 6.22. The molecule has 1 fully saturated rings. The van der Waals surface area contributed by atoms with Crippen LogP contribution in [-0.2, 0) is 6.54 Å². The highest BCUT2D eigenvalue weighted by Gasteiger charge is 2.31. The van der Waals surface area contributed by atoms with Crippen LogP contribution < -0.4 is 10.6 Å². The quantitative estimate of drug-likeness (QED) is 0.749. The number of aliphatic hydroxyl groups is 1. The molecule has 0 aromatic carbocycles. The van der Waals surface area contributed by atoms with E-state index in [9.17, 15) is 9.90 Å². The fourth-order valence-corrected chi connectivity index (χ4v) is 2.18. The second-order valence-electron chi connectivity index (χ2n) is 4.82. The average molecular weight is 253 g/mol. The molecule has 1 aromatic rings. The molecule has 0 unspecified atom stereocenters. The zero-order valence-electron chi connectivity index (χ0n) is 10.5. The number of oxazole rings is 1. The predicted octanol–water partition coefficient (Wildman–Crippen LogP) is 1.09. The summed E-state index contributed by atoms with van der Waals surface area (Å²) >= 11 is 0. The summed E-state index contributed by atoms with van der Waals surface area (Å²) in [4.78, 5) is 15.5. The van der Waals surface area contributed by atoms with Crippen molar-refractivity contribution in [3.8, 4) is 0 Å². The first-order valence-electron chi connectivity index (χ1n) is 6.22. The topological polar surface area (TPSA) is 87.4 Å². The summed E-state index contributed by atoms with van der Waals surface area (Å²) in [5.41, 5.74) is -0.00837. The number of rotatable bonds is 4. The summed E-state index contributed by atoms with van der Waals surface area (Å²) in [5, 5.41) is 15.4. The highest BCUT2D eigenvalue weighted by Crippen LogP contribution is 2.28. The van der Waals surface area contributed by atoms with Crippen LogP contribution in [0.2, 0.25) is 0 Å². The van der Waals surface area contributed by atoms with Gasteiger partial charge in [0.15, 0.2) is 6.39 Å². The van der Waals surface area contributed by atoms with Crippen LogP contribution >= 0.6 is 0 Å². The maximum absolute atomic E-state index is 11.6. The van der Waals surface area contributed by atoms with Crippen molar-refractivity contribution in [1.29, 1.82) is 0 Å². The SMILES string of the molecule is Cc1ocnc1CNC(=O)NCC1(O)CCCC1. The van der Waals surface area contributed by atoms with E-state index < -0.39 is 5.60 Å². The monoisotopic (exact) mass is 253 g/mol. The Morgan fingerprint density at radius 2 is 2.22 bits per heavy atom. The van der Waals surface area contributed by atoms with Gasteiger partial charge in [-0.3, -0.25) is 0 Å². The van der Waals surface area contributed by atoms with Gasteiger partial charge in [-0.05, 0) is 19.8 Å². The normalized spacial score (nSPS) is 17.7. The minimum Gasteiger partial charge on any atom is -0.448 e. The number of aryl methyl sites for hydroxylation is 1. The standard InChI is InChI=1S/C12H19N3O3/c1-9-10(15-8-18-9)6-13-11(16)14-7-12(17)4-2-3-5-12/h8,17H,2-7H2,1H3,(H2,13,14,16). The fourth-order valence-electron chi connectivity index (χ4n) is 2.18. The van der Waals surface area contributed by atoms with Crippen molar-refractivity contribution in [2.45, 2.75) is 44.8 Å². The Bertz CT molecular complexity index is 410. The van der Waals surface area contributed by atoms with E-state index >= 15 is 0 Å². The number of nitrogens with zero attached hydrogens (tertiary/aromatic N) is 1. The molecule has 3 N–H and O–H groups in total. The largest absolute Gasteiger partial charge is 0.448 e. The number of aromatic nitrogens is 1. The lowest BCUT2D eigenvalue weighted by molar-refractivity contribution is 0.0501. The van der Waals surface area contributed by atoms with Crippen molar-refractivity contribution in [1.82, 2.24) is 15.6 Å². The van der Waals surface area contributed by atoms with Gasteiger partial charge in [0.2, 0.25) is 0 Å². The second kappa shape index (κ2) is 5.39. The average Bonchev–Trinajstić information content (AvgIpc) is 2.94. The minimum absolute atomic E-state index is 0.294. The van der Waals surface area contributed by atoms with E-state index in [1.807, 2.05) is 0 Å². The molecule has 1 heterocycles. The molecule has 0 radical (unpaired) electrons. The summed E-state index contributed by atoms with van der Waals surface area (Å²) < 4.78 is 5.03. The van der Waals surface area contributed by atoms with E-state index in [0.717, 1.165) is 25.7 Å². The number of hydrogen-bond acceptors (Lipinski definition) is 4. The van der Waals surface area contributed by atoms with Gasteiger partial charge in [-0.15, -0.1) is 0 Å².